The van der Waals surface area contributed by atoms with E-state index in [9.17, 15) is 10.1 Å². The zero-order chi connectivity index (χ0) is 15.4. The molecule has 2 rings (SSSR count). The number of rotatable bonds is 5. The second-order valence-corrected chi connectivity index (χ2v) is 5.41. The van der Waals surface area contributed by atoms with Crippen LogP contribution in [-0.2, 0) is 0 Å². The van der Waals surface area contributed by atoms with E-state index in [4.69, 9.17) is 4.74 Å². The Morgan fingerprint density at radius 3 is 2.71 bits per heavy atom. The van der Waals surface area contributed by atoms with Gasteiger partial charge in [-0.2, -0.15) is 0 Å². The molecule has 0 fully saturated rings. The van der Waals surface area contributed by atoms with Gasteiger partial charge in [0.15, 0.2) is 0 Å². The molecule has 5 nitrogen and oxygen atoms in total. The molecule has 6 heteroatoms. The Hall–Kier alpha value is -1.92. The first-order valence-corrected chi connectivity index (χ1v) is 7.19. The average Bonchev–Trinajstić information content (AvgIpc) is 2.48. The highest BCUT2D eigenvalue weighted by molar-refractivity contribution is 9.10. The third-order valence-electron chi connectivity index (χ3n) is 3.14. The Labute approximate surface area is 131 Å². The van der Waals surface area contributed by atoms with Crippen LogP contribution in [0, 0.1) is 10.1 Å². The Morgan fingerprint density at radius 2 is 2.05 bits per heavy atom. The number of non-ortho nitro benzene ring substituents is 1. The van der Waals surface area contributed by atoms with Crippen molar-refractivity contribution in [3.8, 4) is 11.5 Å². The predicted octanol–water partition coefficient (Wildman–Crippen LogP) is 4.43. The van der Waals surface area contributed by atoms with E-state index in [0.717, 1.165) is 5.56 Å². The van der Waals surface area contributed by atoms with Crippen molar-refractivity contribution < 1.29 is 9.66 Å². The monoisotopic (exact) mass is 350 g/mol. The number of benzene rings is 2. The maximum Gasteiger partial charge on any atom is 0.273 e. The van der Waals surface area contributed by atoms with Gasteiger partial charge in [0.1, 0.15) is 11.5 Å². The van der Waals surface area contributed by atoms with Gasteiger partial charge in [-0.15, -0.1) is 0 Å². The van der Waals surface area contributed by atoms with E-state index in [1.807, 2.05) is 38.2 Å². The molecule has 0 aliphatic carbocycles. The van der Waals surface area contributed by atoms with Crippen molar-refractivity contribution in [2.24, 2.45) is 0 Å². The van der Waals surface area contributed by atoms with E-state index in [-0.39, 0.29) is 11.7 Å². The normalized spacial score (nSPS) is 12.0. The van der Waals surface area contributed by atoms with E-state index < -0.39 is 4.92 Å². The molecule has 0 radical (unpaired) electrons. The Balaban J connectivity index is 2.29. The van der Waals surface area contributed by atoms with E-state index in [1.54, 1.807) is 6.07 Å². The summed E-state index contributed by atoms with van der Waals surface area (Å²) < 4.78 is 6.42. The van der Waals surface area contributed by atoms with Gasteiger partial charge in [0, 0.05) is 12.1 Å². The highest BCUT2D eigenvalue weighted by Crippen LogP contribution is 2.33. The van der Waals surface area contributed by atoms with Crippen LogP contribution in [0.15, 0.2) is 46.9 Å². The van der Waals surface area contributed by atoms with Crippen molar-refractivity contribution in [2.75, 3.05) is 7.05 Å². The minimum absolute atomic E-state index is 0.00653. The molecule has 1 unspecified atom stereocenters. The van der Waals surface area contributed by atoms with Crippen LogP contribution in [-0.4, -0.2) is 12.0 Å². The summed E-state index contributed by atoms with van der Waals surface area (Å²) in [6.07, 6.45) is 0. The highest BCUT2D eigenvalue weighted by Gasteiger charge is 2.12. The Morgan fingerprint density at radius 1 is 1.29 bits per heavy atom. The molecule has 21 heavy (non-hydrogen) atoms. The number of nitro groups is 1. The van der Waals surface area contributed by atoms with Gasteiger partial charge in [0.25, 0.3) is 5.69 Å². The van der Waals surface area contributed by atoms with Crippen LogP contribution in [0.5, 0.6) is 11.5 Å². The highest BCUT2D eigenvalue weighted by atomic mass is 79.9. The van der Waals surface area contributed by atoms with Crippen LogP contribution in [0.4, 0.5) is 5.69 Å². The summed E-state index contributed by atoms with van der Waals surface area (Å²) in [5.41, 5.74) is 1.07. The zero-order valence-corrected chi connectivity index (χ0v) is 13.3. The summed E-state index contributed by atoms with van der Waals surface area (Å²) in [7, 11) is 1.88. The molecule has 0 aliphatic rings. The minimum atomic E-state index is -0.446. The first-order valence-electron chi connectivity index (χ1n) is 6.40. The number of hydrogen-bond donors (Lipinski definition) is 1. The molecule has 2 aromatic rings. The van der Waals surface area contributed by atoms with Crippen molar-refractivity contribution in [1.29, 1.82) is 0 Å². The molecule has 0 spiro atoms. The van der Waals surface area contributed by atoms with Crippen molar-refractivity contribution in [2.45, 2.75) is 13.0 Å². The van der Waals surface area contributed by atoms with Gasteiger partial charge in [-0.3, -0.25) is 10.1 Å². The summed E-state index contributed by atoms with van der Waals surface area (Å²) in [6, 6.07) is 12.2. The topological polar surface area (TPSA) is 64.4 Å². The van der Waals surface area contributed by atoms with Crippen LogP contribution in [0.2, 0.25) is 0 Å². The standard InChI is InChI=1S/C15H15BrN2O3/c1-10(17-2)11-4-3-5-13(8-11)21-15-9-12(18(19)20)6-7-14(15)16/h3-10,17H,1-2H3. The van der Waals surface area contributed by atoms with Crippen molar-refractivity contribution in [3.05, 3.63) is 62.6 Å². The SMILES string of the molecule is CNC(C)c1cccc(Oc2cc([N+](=O)[O-])ccc2Br)c1. The lowest BCUT2D eigenvalue weighted by molar-refractivity contribution is -0.384. The van der Waals surface area contributed by atoms with Crippen LogP contribution in [0.1, 0.15) is 18.5 Å². The molecule has 1 N–H and O–H groups in total. The fourth-order valence-electron chi connectivity index (χ4n) is 1.82. The molecule has 0 bridgehead atoms. The second-order valence-electron chi connectivity index (χ2n) is 4.56. The fourth-order valence-corrected chi connectivity index (χ4v) is 2.15. The largest absolute Gasteiger partial charge is 0.456 e. The summed E-state index contributed by atoms with van der Waals surface area (Å²) >= 11 is 3.34. The molecule has 0 saturated heterocycles. The lowest BCUT2D eigenvalue weighted by atomic mass is 10.1. The van der Waals surface area contributed by atoms with Gasteiger partial charge in [0.05, 0.1) is 15.5 Å². The lowest BCUT2D eigenvalue weighted by Gasteiger charge is -2.13. The number of nitrogens with zero attached hydrogens (tertiary/aromatic N) is 1. The smallest absolute Gasteiger partial charge is 0.273 e. The summed E-state index contributed by atoms with van der Waals surface area (Å²) in [5, 5.41) is 14.0. The molecule has 0 aromatic heterocycles. The maximum absolute atomic E-state index is 10.8. The molecule has 1 atom stereocenters. The molecular weight excluding hydrogens is 336 g/mol. The van der Waals surface area contributed by atoms with Gasteiger partial charge >= 0.3 is 0 Å². The third-order valence-corrected chi connectivity index (χ3v) is 3.80. The third kappa shape index (κ3) is 3.80. The second kappa shape index (κ2) is 6.69. The number of hydrogen-bond acceptors (Lipinski definition) is 4. The maximum atomic E-state index is 10.8. The van der Waals surface area contributed by atoms with Gasteiger partial charge in [-0.05, 0) is 53.7 Å². The summed E-state index contributed by atoms with van der Waals surface area (Å²) in [4.78, 5) is 10.4. The summed E-state index contributed by atoms with van der Waals surface area (Å²) in [6.45, 7) is 2.04. The van der Waals surface area contributed by atoms with E-state index in [2.05, 4.69) is 21.2 Å². The van der Waals surface area contributed by atoms with E-state index >= 15 is 0 Å². The van der Waals surface area contributed by atoms with Crippen molar-refractivity contribution >= 4 is 21.6 Å². The Bertz CT molecular complexity index is 661. The van der Waals surface area contributed by atoms with Gasteiger partial charge in [-0.1, -0.05) is 12.1 Å². The van der Waals surface area contributed by atoms with E-state index in [0.29, 0.717) is 16.0 Å². The quantitative estimate of drug-likeness (QED) is 0.639. The van der Waals surface area contributed by atoms with Crippen molar-refractivity contribution in [3.63, 3.8) is 0 Å². The van der Waals surface area contributed by atoms with Gasteiger partial charge < -0.3 is 10.1 Å². The lowest BCUT2D eigenvalue weighted by Crippen LogP contribution is -2.12. The van der Waals surface area contributed by atoms with Gasteiger partial charge in [-0.25, -0.2) is 0 Å². The number of nitrogens with one attached hydrogen (secondary N) is 1. The molecule has 110 valence electrons. The molecule has 2 aromatic carbocycles. The predicted molar refractivity (Wildman–Crippen MR) is 84.8 cm³/mol. The van der Waals surface area contributed by atoms with Crippen LogP contribution in [0.25, 0.3) is 0 Å². The molecular formula is C15H15BrN2O3. The summed E-state index contributed by atoms with van der Waals surface area (Å²) in [5.74, 6) is 1.05. The molecule has 0 heterocycles. The first-order chi connectivity index (χ1) is 10.0. The molecule has 0 aliphatic heterocycles. The first kappa shape index (κ1) is 15.5. The van der Waals surface area contributed by atoms with Gasteiger partial charge in [0.2, 0.25) is 0 Å². The zero-order valence-electron chi connectivity index (χ0n) is 11.7. The van der Waals surface area contributed by atoms with Crippen LogP contribution < -0.4 is 10.1 Å². The Kier molecular flexibility index (Phi) is 4.93. The number of ether oxygens (including phenoxy) is 1. The van der Waals surface area contributed by atoms with Crippen LogP contribution in [0.3, 0.4) is 0 Å². The minimum Gasteiger partial charge on any atom is -0.456 e. The average molecular weight is 351 g/mol. The van der Waals surface area contributed by atoms with Crippen molar-refractivity contribution in [1.82, 2.24) is 5.32 Å². The molecule has 0 saturated carbocycles. The van der Waals surface area contributed by atoms with E-state index in [1.165, 1.54) is 12.1 Å². The number of halogens is 1. The van der Waals surface area contributed by atoms with Crippen LogP contribution >= 0.6 is 15.9 Å². The molecule has 0 amide bonds. The number of nitro benzene ring substituents is 1. The fraction of sp³-hybridized carbons (Fsp3) is 0.200.